The summed E-state index contributed by atoms with van der Waals surface area (Å²) in [6.07, 6.45) is 10.3. The van der Waals surface area contributed by atoms with Crippen molar-refractivity contribution in [1.82, 2.24) is 25.4 Å². The van der Waals surface area contributed by atoms with Crippen LogP contribution >= 0.6 is 0 Å². The summed E-state index contributed by atoms with van der Waals surface area (Å²) in [5.74, 6) is 2.79. The first-order valence-electron chi connectivity index (χ1n) is 10.7. The minimum Gasteiger partial charge on any atom is -0.376 e. The highest BCUT2D eigenvalue weighted by atomic mass is 16.5. The molecule has 152 valence electrons. The quantitative estimate of drug-likeness (QED) is 0.565. The predicted octanol–water partition coefficient (Wildman–Crippen LogP) is 2.52. The Labute approximate surface area is 163 Å². The Morgan fingerprint density at radius 3 is 2.85 bits per heavy atom. The van der Waals surface area contributed by atoms with Gasteiger partial charge in [0.05, 0.1) is 18.7 Å². The van der Waals surface area contributed by atoms with E-state index in [-0.39, 0.29) is 12.1 Å². The fourth-order valence-corrected chi connectivity index (χ4v) is 4.05. The van der Waals surface area contributed by atoms with Gasteiger partial charge in [0.15, 0.2) is 5.96 Å². The summed E-state index contributed by atoms with van der Waals surface area (Å²) in [5.41, 5.74) is 0. The van der Waals surface area contributed by atoms with E-state index in [1.807, 2.05) is 0 Å². The minimum atomic E-state index is 0.266. The number of guanidine groups is 1. The molecule has 2 atom stereocenters. The van der Waals surface area contributed by atoms with E-state index in [2.05, 4.69) is 46.2 Å². The zero-order valence-electron chi connectivity index (χ0n) is 17.2. The summed E-state index contributed by atoms with van der Waals surface area (Å²) in [7, 11) is 0. The molecule has 1 aliphatic heterocycles. The number of aryl methyl sites for hydroxylation is 1. The van der Waals surface area contributed by atoms with E-state index in [0.717, 1.165) is 50.1 Å². The number of nitrogens with zero attached hydrogens (tertiary/aromatic N) is 4. The third-order valence-corrected chi connectivity index (χ3v) is 5.87. The van der Waals surface area contributed by atoms with Gasteiger partial charge < -0.3 is 19.9 Å². The van der Waals surface area contributed by atoms with Crippen LogP contribution in [0.3, 0.4) is 0 Å². The number of aliphatic imine (C=N–C) groups is 1. The summed E-state index contributed by atoms with van der Waals surface area (Å²) >= 11 is 0. The van der Waals surface area contributed by atoms with E-state index in [1.54, 1.807) is 6.33 Å². The van der Waals surface area contributed by atoms with Gasteiger partial charge in [0.25, 0.3) is 0 Å². The predicted molar refractivity (Wildman–Crippen MR) is 108 cm³/mol. The minimum absolute atomic E-state index is 0.266. The van der Waals surface area contributed by atoms with Crippen molar-refractivity contribution in [3.8, 4) is 0 Å². The third kappa shape index (κ3) is 5.92. The van der Waals surface area contributed by atoms with Gasteiger partial charge in [-0.05, 0) is 51.4 Å². The van der Waals surface area contributed by atoms with Crippen LogP contribution in [0.2, 0.25) is 0 Å². The van der Waals surface area contributed by atoms with Gasteiger partial charge in [0.2, 0.25) is 0 Å². The maximum Gasteiger partial charge on any atom is 0.191 e. The first-order valence-corrected chi connectivity index (χ1v) is 10.7. The molecule has 1 aliphatic carbocycles. The lowest BCUT2D eigenvalue weighted by Crippen LogP contribution is -2.50. The Bertz CT molecular complexity index is 587. The molecule has 1 aromatic heterocycles. The van der Waals surface area contributed by atoms with Gasteiger partial charge in [0, 0.05) is 25.6 Å². The van der Waals surface area contributed by atoms with Crippen molar-refractivity contribution in [3.63, 3.8) is 0 Å². The highest BCUT2D eigenvalue weighted by Gasteiger charge is 2.24. The molecular formula is C20H36N6O. The van der Waals surface area contributed by atoms with E-state index in [9.17, 15) is 0 Å². The molecule has 2 N–H and O–H groups in total. The number of hydrogen-bond acceptors (Lipinski definition) is 4. The van der Waals surface area contributed by atoms with E-state index in [4.69, 9.17) is 9.73 Å². The van der Waals surface area contributed by atoms with Gasteiger partial charge in [0.1, 0.15) is 12.2 Å². The van der Waals surface area contributed by atoms with Crippen molar-refractivity contribution in [2.24, 2.45) is 10.9 Å². The van der Waals surface area contributed by atoms with E-state index in [1.165, 1.54) is 25.7 Å². The molecule has 7 heteroatoms. The molecule has 2 fully saturated rings. The lowest BCUT2D eigenvalue weighted by Gasteiger charge is -2.30. The number of rotatable bonds is 7. The third-order valence-electron chi connectivity index (χ3n) is 5.87. The van der Waals surface area contributed by atoms with Gasteiger partial charge in [-0.2, -0.15) is 0 Å². The van der Waals surface area contributed by atoms with E-state index in [0.29, 0.717) is 12.6 Å². The standard InChI is InChI=1S/C20H36N6O/c1-4-19-25-22-14-26(19)12-11-21-20(23-16(3)18-6-5-13-27-18)24-17-9-7-15(2)8-10-17/h14-18H,4-13H2,1-3H3,(H2,21,23,24). The van der Waals surface area contributed by atoms with Crippen LogP contribution in [0.25, 0.3) is 0 Å². The largest absolute Gasteiger partial charge is 0.376 e. The van der Waals surface area contributed by atoms with Gasteiger partial charge in [-0.3, -0.25) is 4.99 Å². The molecule has 2 unspecified atom stereocenters. The zero-order chi connectivity index (χ0) is 19.1. The fourth-order valence-electron chi connectivity index (χ4n) is 4.05. The molecule has 0 bridgehead atoms. The lowest BCUT2D eigenvalue weighted by molar-refractivity contribution is 0.0889. The zero-order valence-corrected chi connectivity index (χ0v) is 17.2. The molecule has 7 nitrogen and oxygen atoms in total. The molecule has 2 heterocycles. The molecule has 1 aromatic rings. The summed E-state index contributed by atoms with van der Waals surface area (Å²) in [6, 6.07) is 0.785. The van der Waals surface area contributed by atoms with Crippen LogP contribution in [0.5, 0.6) is 0 Å². The summed E-state index contributed by atoms with van der Waals surface area (Å²) in [5, 5.41) is 15.4. The molecule has 0 aromatic carbocycles. The molecule has 3 rings (SSSR count). The Kier molecular flexibility index (Phi) is 7.50. The highest BCUT2D eigenvalue weighted by Crippen LogP contribution is 2.23. The topological polar surface area (TPSA) is 76.4 Å². The van der Waals surface area contributed by atoms with Crippen molar-refractivity contribution in [3.05, 3.63) is 12.2 Å². The van der Waals surface area contributed by atoms with Crippen LogP contribution < -0.4 is 10.6 Å². The lowest BCUT2D eigenvalue weighted by atomic mass is 9.87. The second-order valence-electron chi connectivity index (χ2n) is 8.11. The van der Waals surface area contributed by atoms with Crippen LogP contribution in [-0.2, 0) is 17.7 Å². The van der Waals surface area contributed by atoms with Gasteiger partial charge in [-0.25, -0.2) is 0 Å². The van der Waals surface area contributed by atoms with Crippen molar-refractivity contribution in [1.29, 1.82) is 0 Å². The van der Waals surface area contributed by atoms with Crippen LogP contribution in [0.15, 0.2) is 11.3 Å². The summed E-state index contributed by atoms with van der Waals surface area (Å²) in [4.78, 5) is 4.86. The summed E-state index contributed by atoms with van der Waals surface area (Å²) < 4.78 is 7.94. The molecule has 2 aliphatic rings. The van der Waals surface area contributed by atoms with Crippen molar-refractivity contribution in [2.75, 3.05) is 13.2 Å². The number of aromatic nitrogens is 3. The smallest absolute Gasteiger partial charge is 0.191 e. The second-order valence-corrected chi connectivity index (χ2v) is 8.11. The highest BCUT2D eigenvalue weighted by molar-refractivity contribution is 5.80. The monoisotopic (exact) mass is 376 g/mol. The summed E-state index contributed by atoms with van der Waals surface area (Å²) in [6.45, 7) is 9.05. The number of hydrogen-bond donors (Lipinski definition) is 2. The fraction of sp³-hybridized carbons (Fsp3) is 0.850. The Morgan fingerprint density at radius 2 is 2.15 bits per heavy atom. The molecule has 0 amide bonds. The van der Waals surface area contributed by atoms with Crippen molar-refractivity contribution < 1.29 is 4.74 Å². The molecular weight excluding hydrogens is 340 g/mol. The average Bonchev–Trinajstić information content (AvgIpc) is 3.35. The maximum atomic E-state index is 5.85. The second kappa shape index (κ2) is 10.1. The molecule has 27 heavy (non-hydrogen) atoms. The Balaban J connectivity index is 1.58. The molecule has 0 spiro atoms. The van der Waals surface area contributed by atoms with Gasteiger partial charge >= 0.3 is 0 Å². The Hall–Kier alpha value is -1.63. The van der Waals surface area contributed by atoms with Crippen LogP contribution in [0.4, 0.5) is 0 Å². The van der Waals surface area contributed by atoms with Crippen molar-refractivity contribution >= 4 is 5.96 Å². The van der Waals surface area contributed by atoms with Gasteiger partial charge in [-0.15, -0.1) is 10.2 Å². The maximum absolute atomic E-state index is 5.85. The first kappa shape index (κ1) is 20.1. The van der Waals surface area contributed by atoms with Crippen LogP contribution in [-0.4, -0.2) is 52.1 Å². The van der Waals surface area contributed by atoms with E-state index >= 15 is 0 Å². The molecule has 1 saturated carbocycles. The average molecular weight is 377 g/mol. The van der Waals surface area contributed by atoms with Crippen LogP contribution in [0.1, 0.15) is 65.1 Å². The Morgan fingerprint density at radius 1 is 1.33 bits per heavy atom. The first-order chi connectivity index (χ1) is 13.2. The van der Waals surface area contributed by atoms with Crippen molar-refractivity contribution in [2.45, 2.75) is 90.4 Å². The van der Waals surface area contributed by atoms with E-state index < -0.39 is 0 Å². The van der Waals surface area contributed by atoms with Gasteiger partial charge in [-0.1, -0.05) is 13.8 Å². The SMILES string of the molecule is CCc1nncn1CCN=C(NC1CCC(C)CC1)NC(C)C1CCCO1. The molecule has 1 saturated heterocycles. The van der Waals surface area contributed by atoms with Crippen LogP contribution in [0, 0.1) is 5.92 Å². The molecule has 0 radical (unpaired) electrons. The number of ether oxygens (including phenoxy) is 1. The normalized spacial score (nSPS) is 27.5. The number of nitrogens with one attached hydrogen (secondary N) is 2.